The van der Waals surface area contributed by atoms with Gasteiger partial charge in [0, 0.05) is 11.6 Å². The summed E-state index contributed by atoms with van der Waals surface area (Å²) in [4.78, 5) is 42.5. The van der Waals surface area contributed by atoms with Crippen LogP contribution in [0, 0.1) is 17.7 Å². The summed E-state index contributed by atoms with van der Waals surface area (Å²) in [7, 11) is 1.23. The van der Waals surface area contributed by atoms with Crippen molar-refractivity contribution in [2.75, 3.05) is 18.6 Å². The molecule has 2 amide bonds. The number of halogens is 1. The van der Waals surface area contributed by atoms with E-state index in [2.05, 4.69) is 5.32 Å². The maximum Gasteiger partial charge on any atom is 0.331 e. The lowest BCUT2D eigenvalue weighted by Crippen LogP contribution is -2.53. The second-order valence-corrected chi connectivity index (χ2v) is 8.75. The maximum absolute atomic E-state index is 15.0. The molecule has 0 spiro atoms. The highest BCUT2D eigenvalue weighted by Gasteiger charge is 2.70. The average molecular weight is 489 g/mol. The summed E-state index contributed by atoms with van der Waals surface area (Å²) in [5, 5.41) is 3.19. The summed E-state index contributed by atoms with van der Waals surface area (Å²) in [5.74, 6) is -3.94. The topological polar surface area (TPSA) is 84.9 Å². The van der Waals surface area contributed by atoms with Crippen LogP contribution in [0.5, 0.6) is 5.75 Å². The van der Waals surface area contributed by atoms with Gasteiger partial charge in [-0.3, -0.25) is 14.9 Å². The monoisotopic (exact) mass is 488 g/mol. The molecule has 5 rings (SSSR count). The van der Waals surface area contributed by atoms with E-state index >= 15 is 4.39 Å². The molecule has 2 saturated heterocycles. The van der Waals surface area contributed by atoms with Crippen molar-refractivity contribution in [2.45, 2.75) is 18.5 Å². The van der Waals surface area contributed by atoms with Gasteiger partial charge in [0.15, 0.2) is 5.54 Å². The molecule has 1 N–H and O–H groups in total. The Morgan fingerprint density at radius 3 is 2.28 bits per heavy atom. The van der Waals surface area contributed by atoms with Gasteiger partial charge in [-0.1, -0.05) is 48.5 Å². The smallest absolute Gasteiger partial charge is 0.331 e. The van der Waals surface area contributed by atoms with Gasteiger partial charge in [-0.15, -0.1) is 0 Å². The van der Waals surface area contributed by atoms with E-state index in [-0.39, 0.29) is 5.56 Å². The molecule has 4 atom stereocenters. The third-order valence-corrected chi connectivity index (χ3v) is 6.94. The molecular formula is C28H25FN2O5. The molecule has 3 aromatic carbocycles. The van der Waals surface area contributed by atoms with Crippen molar-refractivity contribution in [1.29, 1.82) is 0 Å². The van der Waals surface area contributed by atoms with Crippen LogP contribution in [0.4, 0.5) is 10.1 Å². The summed E-state index contributed by atoms with van der Waals surface area (Å²) in [5.41, 5.74) is -0.688. The van der Waals surface area contributed by atoms with E-state index in [9.17, 15) is 14.4 Å². The van der Waals surface area contributed by atoms with Crippen molar-refractivity contribution in [3.63, 3.8) is 0 Å². The SMILES string of the molecule is CCOc1ccc(N2C(=O)[C@@H]3[C@@H](c4ccccc4F)N[C@](C(=O)OC)(c4ccccc4)[C@@H]3C2=O)cc1. The zero-order valence-corrected chi connectivity index (χ0v) is 19.8. The van der Waals surface area contributed by atoms with E-state index in [0.717, 1.165) is 4.90 Å². The fourth-order valence-corrected chi connectivity index (χ4v) is 5.45. The van der Waals surface area contributed by atoms with E-state index in [1.165, 1.54) is 13.2 Å². The van der Waals surface area contributed by atoms with Gasteiger partial charge < -0.3 is 9.47 Å². The molecule has 0 saturated carbocycles. The van der Waals surface area contributed by atoms with Crippen LogP contribution in [0.25, 0.3) is 0 Å². The molecule has 0 bridgehead atoms. The number of benzene rings is 3. The summed E-state index contributed by atoms with van der Waals surface area (Å²) < 4.78 is 25.7. The molecule has 36 heavy (non-hydrogen) atoms. The third-order valence-electron chi connectivity index (χ3n) is 6.94. The number of hydrogen-bond acceptors (Lipinski definition) is 6. The standard InChI is InChI=1S/C28H25FN2O5/c1-3-36-19-15-13-18(14-16-19)31-25(32)22-23(26(31)33)28(27(34)35-2,17-9-5-4-6-10-17)30-24(22)20-11-7-8-12-21(20)29/h4-16,22-24,30H,3H2,1-2H3/t22-,23-,24+,28+/m0/s1. The zero-order chi connectivity index (χ0) is 25.4. The first kappa shape index (κ1) is 23.7. The van der Waals surface area contributed by atoms with Crippen LogP contribution in [-0.4, -0.2) is 31.5 Å². The van der Waals surface area contributed by atoms with E-state index in [0.29, 0.717) is 23.6 Å². The highest BCUT2D eigenvalue weighted by molar-refractivity contribution is 6.24. The molecule has 2 heterocycles. The number of anilines is 1. The molecule has 2 fully saturated rings. The molecule has 2 aliphatic heterocycles. The van der Waals surface area contributed by atoms with E-state index in [1.54, 1.807) is 72.8 Å². The van der Waals surface area contributed by atoms with Crippen molar-refractivity contribution >= 4 is 23.5 Å². The van der Waals surface area contributed by atoms with Gasteiger partial charge in [-0.2, -0.15) is 0 Å². The number of methoxy groups -OCH3 is 1. The summed E-state index contributed by atoms with van der Waals surface area (Å²) in [6.45, 7) is 2.33. The first-order chi connectivity index (χ1) is 17.4. The lowest BCUT2D eigenvalue weighted by molar-refractivity contribution is -0.152. The lowest BCUT2D eigenvalue weighted by Gasteiger charge is -2.33. The Morgan fingerprint density at radius 1 is 0.972 bits per heavy atom. The van der Waals surface area contributed by atoms with E-state index < -0.39 is 47.0 Å². The van der Waals surface area contributed by atoms with Gasteiger partial charge in [0.1, 0.15) is 11.6 Å². The number of ether oxygens (including phenoxy) is 2. The number of carbonyl (C=O) groups excluding carboxylic acids is 3. The van der Waals surface area contributed by atoms with Crippen molar-refractivity contribution < 1.29 is 28.2 Å². The largest absolute Gasteiger partial charge is 0.494 e. The van der Waals surface area contributed by atoms with Crippen LogP contribution in [0.15, 0.2) is 78.9 Å². The molecule has 2 aliphatic rings. The van der Waals surface area contributed by atoms with E-state index in [1.807, 2.05) is 6.92 Å². The first-order valence-corrected chi connectivity index (χ1v) is 11.7. The van der Waals surface area contributed by atoms with Gasteiger partial charge >= 0.3 is 5.97 Å². The van der Waals surface area contributed by atoms with Gasteiger partial charge in [0.2, 0.25) is 11.8 Å². The summed E-state index contributed by atoms with van der Waals surface area (Å²) in [6.07, 6.45) is 0. The molecule has 3 aromatic rings. The Balaban J connectivity index is 1.69. The fourth-order valence-electron chi connectivity index (χ4n) is 5.45. The van der Waals surface area contributed by atoms with Crippen LogP contribution in [0.3, 0.4) is 0 Å². The Kier molecular flexibility index (Phi) is 6.05. The highest BCUT2D eigenvalue weighted by atomic mass is 19.1. The second-order valence-electron chi connectivity index (χ2n) is 8.75. The fraction of sp³-hybridized carbons (Fsp3) is 0.250. The first-order valence-electron chi connectivity index (χ1n) is 11.7. The molecule has 0 unspecified atom stereocenters. The van der Waals surface area contributed by atoms with Crippen molar-refractivity contribution in [3.8, 4) is 5.75 Å². The number of esters is 1. The van der Waals surface area contributed by atoms with Crippen molar-refractivity contribution in [1.82, 2.24) is 5.32 Å². The van der Waals surface area contributed by atoms with E-state index in [4.69, 9.17) is 9.47 Å². The number of carbonyl (C=O) groups is 3. The molecule has 0 aliphatic carbocycles. The van der Waals surface area contributed by atoms with Crippen LogP contribution >= 0.6 is 0 Å². The van der Waals surface area contributed by atoms with Crippen LogP contribution in [0.1, 0.15) is 24.1 Å². The summed E-state index contributed by atoms with van der Waals surface area (Å²) in [6, 6.07) is 20.3. The normalized spacial score (nSPS) is 25.1. The van der Waals surface area contributed by atoms with Gasteiger partial charge in [0.25, 0.3) is 0 Å². The molecule has 184 valence electrons. The Bertz CT molecular complexity index is 1310. The predicted octanol–water partition coefficient (Wildman–Crippen LogP) is 3.74. The molecular weight excluding hydrogens is 463 g/mol. The van der Waals surface area contributed by atoms with Crippen LogP contribution in [0.2, 0.25) is 0 Å². The molecule has 8 heteroatoms. The number of imide groups is 1. The zero-order valence-electron chi connectivity index (χ0n) is 19.8. The molecule has 0 aromatic heterocycles. The minimum atomic E-state index is -1.69. The minimum absolute atomic E-state index is 0.198. The van der Waals surface area contributed by atoms with Gasteiger partial charge in [-0.25, -0.2) is 14.1 Å². The summed E-state index contributed by atoms with van der Waals surface area (Å²) >= 11 is 0. The average Bonchev–Trinajstić information content (AvgIpc) is 3.39. The number of rotatable bonds is 6. The number of nitrogens with zero attached hydrogens (tertiary/aromatic N) is 1. The second kappa shape index (κ2) is 9.20. The van der Waals surface area contributed by atoms with Crippen LogP contribution < -0.4 is 15.0 Å². The predicted molar refractivity (Wildman–Crippen MR) is 129 cm³/mol. The van der Waals surface area contributed by atoms with Crippen LogP contribution in [-0.2, 0) is 24.7 Å². The minimum Gasteiger partial charge on any atom is -0.494 e. The van der Waals surface area contributed by atoms with Crippen molar-refractivity contribution in [2.24, 2.45) is 11.8 Å². The Morgan fingerprint density at radius 2 is 1.64 bits per heavy atom. The third kappa shape index (κ3) is 3.48. The Hall–Kier alpha value is -4.04. The molecule has 7 nitrogen and oxygen atoms in total. The van der Waals surface area contributed by atoms with Crippen molar-refractivity contribution in [3.05, 3.63) is 95.8 Å². The highest BCUT2D eigenvalue weighted by Crippen LogP contribution is 2.54. The quantitative estimate of drug-likeness (QED) is 0.420. The maximum atomic E-state index is 15.0. The van der Waals surface area contributed by atoms with Gasteiger partial charge in [-0.05, 0) is 42.8 Å². The number of nitrogens with one attached hydrogen (secondary N) is 1. The molecule has 0 radical (unpaired) electrons. The number of amides is 2. The van der Waals surface area contributed by atoms with Gasteiger partial charge in [0.05, 0.1) is 31.2 Å². The lowest BCUT2D eigenvalue weighted by atomic mass is 9.75. The Labute approximate surface area is 207 Å². The number of fused-ring (bicyclic) bond motifs is 1. The number of hydrogen-bond donors (Lipinski definition) is 1.